The van der Waals surface area contributed by atoms with E-state index < -0.39 is 16.9 Å². The lowest BCUT2D eigenvalue weighted by molar-refractivity contribution is -0.144. The molecule has 2 N–H and O–H groups in total. The zero-order valence-corrected chi connectivity index (χ0v) is 20.0. The largest absolute Gasteiger partial charge is 0.469 e. The fraction of sp³-hybridized carbons (Fsp3) is 0.500. The number of nitrogens with zero attached hydrogens (tertiary/aromatic N) is 2. The Morgan fingerprint density at radius 1 is 1.21 bits per heavy atom. The van der Waals surface area contributed by atoms with Crippen LogP contribution in [0.3, 0.4) is 0 Å². The third kappa shape index (κ3) is 3.60. The van der Waals surface area contributed by atoms with Gasteiger partial charge in [-0.1, -0.05) is 55.5 Å². The number of carbonyl (C=O) groups excluding carboxylic acids is 1. The van der Waals surface area contributed by atoms with Gasteiger partial charge in [0.25, 0.3) is 0 Å². The van der Waals surface area contributed by atoms with Crippen molar-refractivity contribution in [2.24, 2.45) is 16.8 Å². The van der Waals surface area contributed by atoms with Crippen molar-refractivity contribution in [3.63, 3.8) is 0 Å². The van der Waals surface area contributed by atoms with Gasteiger partial charge >= 0.3 is 5.97 Å². The van der Waals surface area contributed by atoms with Crippen LogP contribution in [-0.4, -0.2) is 58.7 Å². The topological polar surface area (TPSA) is 82.4 Å². The molecule has 0 aromatic heterocycles. The average molecular weight is 463 g/mol. The predicted octanol–water partition coefficient (Wildman–Crippen LogP) is 3.62. The number of ether oxygens (including phenoxy) is 1. The number of fused-ring (bicyclic) bond motifs is 1. The van der Waals surface area contributed by atoms with E-state index in [2.05, 4.69) is 41.3 Å². The summed E-state index contributed by atoms with van der Waals surface area (Å²) in [6, 6.07) is 18.7. The summed E-state index contributed by atoms with van der Waals surface area (Å²) >= 11 is 0. The summed E-state index contributed by atoms with van der Waals surface area (Å²) in [6.45, 7) is 3.28. The third-order valence-electron chi connectivity index (χ3n) is 8.40. The molecule has 2 aliphatic heterocycles. The zero-order chi connectivity index (χ0) is 23.9. The molecule has 5 rings (SSSR count). The van der Waals surface area contributed by atoms with Crippen LogP contribution in [0.4, 0.5) is 5.69 Å². The van der Waals surface area contributed by atoms with Crippen molar-refractivity contribution in [3.05, 3.63) is 65.7 Å². The van der Waals surface area contributed by atoms with E-state index in [0.717, 1.165) is 30.9 Å². The van der Waals surface area contributed by atoms with Crippen molar-refractivity contribution in [1.29, 1.82) is 0 Å². The number of hydrogen-bond donors (Lipinski definition) is 2. The summed E-state index contributed by atoms with van der Waals surface area (Å²) in [7, 11) is 1.44. The van der Waals surface area contributed by atoms with Crippen LogP contribution in [0.1, 0.15) is 43.7 Å². The SMILES string of the molecule is CC[C@@](O)(CO)CC1CC(C(=O)OC)C2=Nc3ccccc3C23CCN(Cc2ccccc2)C13. The Morgan fingerprint density at radius 2 is 1.94 bits per heavy atom. The zero-order valence-electron chi connectivity index (χ0n) is 20.0. The van der Waals surface area contributed by atoms with Crippen LogP contribution >= 0.6 is 0 Å². The summed E-state index contributed by atoms with van der Waals surface area (Å²) in [5.74, 6) is -0.715. The van der Waals surface area contributed by atoms with Gasteiger partial charge in [0, 0.05) is 24.8 Å². The Labute approximate surface area is 201 Å². The fourth-order valence-electron chi connectivity index (χ4n) is 6.79. The Morgan fingerprint density at radius 3 is 2.65 bits per heavy atom. The molecule has 34 heavy (non-hydrogen) atoms. The van der Waals surface area contributed by atoms with Gasteiger partial charge in [-0.3, -0.25) is 14.7 Å². The number of rotatable bonds is 7. The van der Waals surface area contributed by atoms with E-state index in [-0.39, 0.29) is 24.5 Å². The number of hydrogen-bond acceptors (Lipinski definition) is 6. The molecular formula is C28H34N2O4. The van der Waals surface area contributed by atoms with Crippen LogP contribution in [0.25, 0.3) is 0 Å². The van der Waals surface area contributed by atoms with E-state index in [1.165, 1.54) is 18.2 Å². The molecule has 4 unspecified atom stereocenters. The number of carbonyl (C=O) groups is 1. The van der Waals surface area contributed by atoms with Crippen molar-refractivity contribution in [2.45, 2.75) is 56.2 Å². The second kappa shape index (κ2) is 8.91. The monoisotopic (exact) mass is 462 g/mol. The third-order valence-corrected chi connectivity index (χ3v) is 8.40. The number of esters is 1. The molecule has 180 valence electrons. The minimum atomic E-state index is -1.18. The van der Waals surface area contributed by atoms with E-state index in [0.29, 0.717) is 19.3 Å². The van der Waals surface area contributed by atoms with Crippen molar-refractivity contribution < 1.29 is 19.7 Å². The summed E-state index contributed by atoms with van der Waals surface area (Å²) in [5.41, 5.74) is 2.70. The molecule has 2 heterocycles. The first-order valence-corrected chi connectivity index (χ1v) is 12.3. The highest BCUT2D eigenvalue weighted by Crippen LogP contribution is 2.58. The number of aliphatic hydroxyl groups excluding tert-OH is 1. The maximum absolute atomic E-state index is 13.0. The number of methoxy groups -OCH3 is 1. The molecule has 2 aromatic rings. The van der Waals surface area contributed by atoms with Gasteiger partial charge in [0.15, 0.2) is 0 Å². The molecule has 3 aliphatic rings. The van der Waals surface area contributed by atoms with Gasteiger partial charge < -0.3 is 14.9 Å². The first-order chi connectivity index (χ1) is 16.5. The number of likely N-dealkylation sites (tertiary alicyclic amines) is 1. The van der Waals surface area contributed by atoms with Gasteiger partial charge in [-0.05, 0) is 48.8 Å². The van der Waals surface area contributed by atoms with Crippen LogP contribution in [-0.2, 0) is 21.5 Å². The second-order valence-corrected chi connectivity index (χ2v) is 10.1. The van der Waals surface area contributed by atoms with Crippen molar-refractivity contribution in [1.82, 2.24) is 4.90 Å². The Balaban J connectivity index is 1.63. The smallest absolute Gasteiger partial charge is 0.314 e. The van der Waals surface area contributed by atoms with Crippen LogP contribution in [0, 0.1) is 11.8 Å². The highest BCUT2D eigenvalue weighted by Gasteiger charge is 2.63. The van der Waals surface area contributed by atoms with Crippen LogP contribution in [0.15, 0.2) is 59.6 Å². The van der Waals surface area contributed by atoms with Crippen molar-refractivity contribution >= 4 is 17.4 Å². The molecular weight excluding hydrogens is 428 g/mol. The molecule has 6 nitrogen and oxygen atoms in total. The Kier molecular flexibility index (Phi) is 6.09. The van der Waals surface area contributed by atoms with Crippen molar-refractivity contribution in [3.8, 4) is 0 Å². The molecule has 1 saturated carbocycles. The lowest BCUT2D eigenvalue weighted by atomic mass is 9.57. The van der Waals surface area contributed by atoms with E-state index in [9.17, 15) is 15.0 Å². The molecule has 1 saturated heterocycles. The molecule has 0 amide bonds. The van der Waals surface area contributed by atoms with Crippen LogP contribution in [0.2, 0.25) is 0 Å². The molecule has 1 aliphatic carbocycles. The first-order valence-electron chi connectivity index (χ1n) is 12.3. The summed E-state index contributed by atoms with van der Waals surface area (Å²) < 4.78 is 5.25. The maximum Gasteiger partial charge on any atom is 0.314 e. The summed E-state index contributed by atoms with van der Waals surface area (Å²) in [5, 5.41) is 21.2. The highest BCUT2D eigenvalue weighted by molar-refractivity contribution is 6.13. The first kappa shape index (κ1) is 23.2. The van der Waals surface area contributed by atoms with Gasteiger partial charge in [-0.25, -0.2) is 0 Å². The number of aliphatic imine (C=N–C) groups is 1. The van der Waals surface area contributed by atoms with Gasteiger partial charge in [0.2, 0.25) is 0 Å². The van der Waals surface area contributed by atoms with Gasteiger partial charge in [-0.2, -0.15) is 0 Å². The minimum Gasteiger partial charge on any atom is -0.469 e. The normalized spacial score (nSPS) is 29.5. The number of benzene rings is 2. The molecule has 0 bridgehead atoms. The average Bonchev–Trinajstić information content (AvgIpc) is 3.42. The molecule has 6 heteroatoms. The van der Waals surface area contributed by atoms with Gasteiger partial charge in [0.05, 0.1) is 36.3 Å². The van der Waals surface area contributed by atoms with E-state index in [4.69, 9.17) is 9.73 Å². The second-order valence-electron chi connectivity index (χ2n) is 10.1. The number of para-hydroxylation sites is 1. The molecule has 0 radical (unpaired) electrons. The molecule has 1 spiro atoms. The minimum absolute atomic E-state index is 0.00230. The van der Waals surface area contributed by atoms with Crippen LogP contribution < -0.4 is 0 Å². The van der Waals surface area contributed by atoms with E-state index >= 15 is 0 Å². The lowest BCUT2D eigenvalue weighted by Crippen LogP contribution is -2.59. The van der Waals surface area contributed by atoms with E-state index in [1.54, 1.807) is 0 Å². The van der Waals surface area contributed by atoms with E-state index in [1.807, 2.05) is 25.1 Å². The Hall–Kier alpha value is -2.54. The molecule has 2 aromatic carbocycles. The molecule has 2 fully saturated rings. The highest BCUT2D eigenvalue weighted by atomic mass is 16.5. The predicted molar refractivity (Wildman–Crippen MR) is 131 cm³/mol. The van der Waals surface area contributed by atoms with Crippen LogP contribution in [0.5, 0.6) is 0 Å². The maximum atomic E-state index is 13.0. The summed E-state index contributed by atoms with van der Waals surface area (Å²) in [6.07, 6.45) is 2.31. The quantitative estimate of drug-likeness (QED) is 0.614. The fourth-order valence-corrected chi connectivity index (χ4v) is 6.79. The lowest BCUT2D eigenvalue weighted by Gasteiger charge is -2.49. The Bertz CT molecular complexity index is 1080. The van der Waals surface area contributed by atoms with Gasteiger partial charge in [0.1, 0.15) is 0 Å². The molecule has 5 atom stereocenters. The summed E-state index contributed by atoms with van der Waals surface area (Å²) in [4.78, 5) is 20.6. The van der Waals surface area contributed by atoms with Gasteiger partial charge in [-0.15, -0.1) is 0 Å². The van der Waals surface area contributed by atoms with Crippen molar-refractivity contribution in [2.75, 3.05) is 20.3 Å². The number of aliphatic hydroxyl groups is 2. The standard InChI is InChI=1S/C28H34N2O4/c1-3-27(33,18-31)16-20-15-21(26(32)34-2)24-28(22-11-7-8-12-23(22)29-24)13-14-30(25(20)28)17-19-9-5-4-6-10-19/h4-12,20-21,25,31,33H,3,13-18H2,1-2H3/t20?,21?,25?,27-,28?/m0/s1.